The van der Waals surface area contributed by atoms with Crippen molar-refractivity contribution in [2.75, 3.05) is 7.11 Å². The maximum atomic E-state index is 12.3. The van der Waals surface area contributed by atoms with Gasteiger partial charge in [-0.2, -0.15) is 5.10 Å². The Morgan fingerprint density at radius 2 is 1.83 bits per heavy atom. The van der Waals surface area contributed by atoms with Gasteiger partial charge in [-0.05, 0) is 13.0 Å². The zero-order valence-electron chi connectivity index (χ0n) is 13.2. The van der Waals surface area contributed by atoms with Gasteiger partial charge in [0.05, 0.1) is 12.5 Å². The summed E-state index contributed by atoms with van der Waals surface area (Å²) in [5, 5.41) is 6.40. The normalized spacial score (nSPS) is 11.6. The number of hydrogen-bond acceptors (Lipinski definition) is 7. The van der Waals surface area contributed by atoms with E-state index in [4.69, 9.17) is 4.74 Å². The first kappa shape index (κ1) is 17.1. The summed E-state index contributed by atoms with van der Waals surface area (Å²) in [7, 11) is 2.50. The van der Waals surface area contributed by atoms with Crippen LogP contribution in [0.1, 0.15) is 17.4 Å². The number of fused-ring (bicyclic) bond motifs is 1. The number of aromatic nitrogens is 2. The number of hydrogen-bond donors (Lipinski definition) is 1. The second-order valence-electron chi connectivity index (χ2n) is 4.85. The molecule has 0 aliphatic carbocycles. The van der Waals surface area contributed by atoms with Gasteiger partial charge in [0.25, 0.3) is 11.5 Å². The van der Waals surface area contributed by atoms with Crippen LogP contribution in [0.4, 0.5) is 4.79 Å². The highest BCUT2D eigenvalue weighted by atomic mass is 16.6. The molecule has 0 unspecified atom stereocenters. The van der Waals surface area contributed by atoms with Crippen LogP contribution in [-0.2, 0) is 21.3 Å². The van der Waals surface area contributed by atoms with Crippen molar-refractivity contribution in [2.45, 2.75) is 13.0 Å². The molecule has 0 aliphatic rings. The van der Waals surface area contributed by atoms with Crippen LogP contribution >= 0.6 is 0 Å². The van der Waals surface area contributed by atoms with Gasteiger partial charge in [0.1, 0.15) is 0 Å². The Balaban J connectivity index is 2.29. The van der Waals surface area contributed by atoms with Crippen molar-refractivity contribution in [1.82, 2.24) is 15.1 Å². The minimum Gasteiger partial charge on any atom is -0.453 e. The quantitative estimate of drug-likeness (QED) is 0.806. The molecule has 126 valence electrons. The van der Waals surface area contributed by atoms with E-state index in [9.17, 15) is 19.2 Å². The second kappa shape index (κ2) is 6.90. The van der Waals surface area contributed by atoms with Gasteiger partial charge in [0.15, 0.2) is 11.8 Å². The number of aryl methyl sites for hydroxylation is 1. The molecule has 1 aromatic heterocycles. The van der Waals surface area contributed by atoms with Gasteiger partial charge in [0.2, 0.25) is 0 Å². The van der Waals surface area contributed by atoms with E-state index in [2.05, 4.69) is 9.84 Å². The van der Waals surface area contributed by atoms with E-state index >= 15 is 0 Å². The zero-order valence-corrected chi connectivity index (χ0v) is 13.2. The minimum atomic E-state index is -1.26. The Bertz CT molecular complexity index is 873. The summed E-state index contributed by atoms with van der Waals surface area (Å²) in [6.45, 7) is 1.29. The summed E-state index contributed by atoms with van der Waals surface area (Å²) in [4.78, 5) is 47.0. The lowest BCUT2D eigenvalue weighted by atomic mass is 10.1. The fourth-order valence-electron chi connectivity index (χ4n) is 1.97. The van der Waals surface area contributed by atoms with Crippen LogP contribution in [-0.4, -0.2) is 41.0 Å². The molecule has 24 heavy (non-hydrogen) atoms. The molecule has 2 amide bonds. The van der Waals surface area contributed by atoms with Gasteiger partial charge >= 0.3 is 12.1 Å². The first-order valence-electron chi connectivity index (χ1n) is 6.91. The average molecular weight is 333 g/mol. The van der Waals surface area contributed by atoms with Crippen molar-refractivity contribution in [1.29, 1.82) is 0 Å². The lowest BCUT2D eigenvalue weighted by Crippen LogP contribution is -2.39. The number of methoxy groups -OCH3 is 1. The fraction of sp³-hybridized carbons (Fsp3) is 0.267. The summed E-state index contributed by atoms with van der Waals surface area (Å²) >= 11 is 0. The number of ether oxygens (including phenoxy) is 2. The standard InChI is InChI=1S/C15H15N3O6/c1-8(12(19)16-15(22)23-3)24-14(21)11-9-6-4-5-7-10(9)13(20)18(2)17-11/h4-8H,1-3H3,(H,16,19,22)/t8-/m0/s1. The van der Waals surface area contributed by atoms with E-state index < -0.39 is 24.1 Å². The highest BCUT2D eigenvalue weighted by molar-refractivity contribution is 6.03. The second-order valence-corrected chi connectivity index (χ2v) is 4.85. The number of nitrogens with one attached hydrogen (secondary N) is 1. The molecule has 1 atom stereocenters. The third kappa shape index (κ3) is 3.40. The highest BCUT2D eigenvalue weighted by Gasteiger charge is 2.24. The van der Waals surface area contributed by atoms with Crippen molar-refractivity contribution in [3.05, 3.63) is 40.3 Å². The van der Waals surface area contributed by atoms with Crippen LogP contribution in [0.25, 0.3) is 10.8 Å². The molecule has 9 nitrogen and oxygen atoms in total. The number of benzene rings is 1. The van der Waals surface area contributed by atoms with Crippen molar-refractivity contribution in [3.8, 4) is 0 Å². The molecule has 9 heteroatoms. The number of alkyl carbamates (subject to hydrolysis) is 1. The molecule has 0 spiro atoms. The van der Waals surface area contributed by atoms with E-state index in [1.54, 1.807) is 24.3 Å². The van der Waals surface area contributed by atoms with E-state index in [0.717, 1.165) is 11.8 Å². The van der Waals surface area contributed by atoms with Crippen molar-refractivity contribution < 1.29 is 23.9 Å². The number of rotatable bonds is 3. The predicted octanol–water partition coefficient (Wildman–Crippen LogP) is 0.361. The molecule has 0 radical (unpaired) electrons. The lowest BCUT2D eigenvalue weighted by Gasteiger charge is -2.13. The Morgan fingerprint density at radius 3 is 2.46 bits per heavy atom. The predicted molar refractivity (Wildman–Crippen MR) is 82.4 cm³/mol. The Morgan fingerprint density at radius 1 is 1.21 bits per heavy atom. The van der Waals surface area contributed by atoms with Gasteiger partial charge < -0.3 is 9.47 Å². The molecular formula is C15H15N3O6. The minimum absolute atomic E-state index is 0.106. The molecule has 0 saturated carbocycles. The summed E-state index contributed by atoms with van der Waals surface area (Å²) in [6, 6.07) is 6.42. The number of carbonyl (C=O) groups is 3. The van der Waals surface area contributed by atoms with Crippen LogP contribution in [0.2, 0.25) is 0 Å². The highest BCUT2D eigenvalue weighted by Crippen LogP contribution is 2.14. The van der Waals surface area contributed by atoms with Crippen molar-refractivity contribution >= 4 is 28.7 Å². The van der Waals surface area contributed by atoms with Gasteiger partial charge in [-0.25, -0.2) is 14.3 Å². The first-order chi connectivity index (χ1) is 11.3. The zero-order chi connectivity index (χ0) is 17.9. The molecule has 0 fully saturated rings. The lowest BCUT2D eigenvalue weighted by molar-refractivity contribution is -0.128. The Hall–Kier alpha value is -3.23. The molecule has 1 aromatic carbocycles. The molecule has 0 aliphatic heterocycles. The third-order valence-electron chi connectivity index (χ3n) is 3.21. The average Bonchev–Trinajstić information content (AvgIpc) is 2.57. The van der Waals surface area contributed by atoms with Crippen LogP contribution in [0.5, 0.6) is 0 Å². The fourth-order valence-corrected chi connectivity index (χ4v) is 1.97. The largest absolute Gasteiger partial charge is 0.453 e. The van der Waals surface area contributed by atoms with Crippen molar-refractivity contribution in [2.24, 2.45) is 7.05 Å². The number of nitrogens with zero attached hydrogens (tertiary/aromatic N) is 2. The molecule has 0 bridgehead atoms. The van der Waals surface area contributed by atoms with Crippen LogP contribution in [0.15, 0.2) is 29.1 Å². The maximum absolute atomic E-state index is 12.3. The van der Waals surface area contributed by atoms with Gasteiger partial charge in [-0.3, -0.25) is 14.9 Å². The molecule has 1 N–H and O–H groups in total. The number of esters is 1. The molecule has 2 rings (SSSR count). The summed E-state index contributed by atoms with van der Waals surface area (Å²) < 4.78 is 10.3. The third-order valence-corrected chi connectivity index (χ3v) is 3.21. The number of carbonyl (C=O) groups excluding carboxylic acids is 3. The van der Waals surface area contributed by atoms with Gasteiger partial charge in [-0.15, -0.1) is 0 Å². The first-order valence-corrected chi connectivity index (χ1v) is 6.91. The summed E-state index contributed by atoms with van der Waals surface area (Å²) in [5.41, 5.74) is -0.468. The summed E-state index contributed by atoms with van der Waals surface area (Å²) in [6.07, 6.45) is -2.22. The van der Waals surface area contributed by atoms with Crippen LogP contribution in [0.3, 0.4) is 0 Å². The van der Waals surface area contributed by atoms with Gasteiger partial charge in [0, 0.05) is 12.4 Å². The Labute approximate surface area is 136 Å². The monoisotopic (exact) mass is 333 g/mol. The number of imide groups is 1. The molecule has 0 saturated heterocycles. The van der Waals surface area contributed by atoms with E-state index in [1.807, 2.05) is 5.32 Å². The van der Waals surface area contributed by atoms with Gasteiger partial charge in [-0.1, -0.05) is 18.2 Å². The number of amides is 2. The maximum Gasteiger partial charge on any atom is 0.413 e. The van der Waals surface area contributed by atoms with Crippen molar-refractivity contribution in [3.63, 3.8) is 0 Å². The van der Waals surface area contributed by atoms with E-state index in [1.165, 1.54) is 14.0 Å². The van der Waals surface area contributed by atoms with E-state index in [-0.39, 0.29) is 11.3 Å². The topological polar surface area (TPSA) is 117 Å². The molecule has 1 heterocycles. The van der Waals surface area contributed by atoms with Crippen LogP contribution in [0, 0.1) is 0 Å². The molecule has 2 aromatic rings. The van der Waals surface area contributed by atoms with Crippen LogP contribution < -0.4 is 10.9 Å². The summed E-state index contributed by atoms with van der Waals surface area (Å²) in [5.74, 6) is -1.74. The Kier molecular flexibility index (Phi) is 4.93. The van der Waals surface area contributed by atoms with E-state index in [0.29, 0.717) is 10.8 Å². The smallest absolute Gasteiger partial charge is 0.413 e. The SMILES string of the molecule is COC(=O)NC(=O)[C@H](C)OC(=O)c1nn(C)c(=O)c2ccccc12. The molecular weight excluding hydrogens is 318 g/mol.